The summed E-state index contributed by atoms with van der Waals surface area (Å²) in [6.07, 6.45) is 16.0. The molecule has 0 radical (unpaired) electrons. The van der Waals surface area contributed by atoms with Crippen molar-refractivity contribution in [2.45, 2.75) is 217 Å². The van der Waals surface area contributed by atoms with Gasteiger partial charge in [-0.15, -0.1) is 0 Å². The Balaban J connectivity index is 0.000000111. The van der Waals surface area contributed by atoms with Gasteiger partial charge in [0.25, 0.3) is 0 Å². The van der Waals surface area contributed by atoms with E-state index in [1.165, 1.54) is 212 Å². The predicted octanol–water partition coefficient (Wildman–Crippen LogP) is 22.2. The van der Waals surface area contributed by atoms with Gasteiger partial charge in [-0.2, -0.15) is 0 Å². The molecule has 0 saturated carbocycles. The SMILES string of the molecule is Cc1c2c(cc3c1-c1c(ccc[n+]1C)C(C)(C)C3(C)C)-c1cccnc1C2.Cc1cc2c([n+](C)c1)-c1c(cc3c(c1C)Cc1ccccc1-3)C(C)(C)C2(C)C.Cc1cc[n+](C)c2c1C(C)(C)C(C)(C)c1cc3c(c(C)c1-2)Cc1ccccc1-3.Cc1ccc2c(n1)Cc1c-2ccc(-c2cc(C)c(CC(C)C)c[n+]2C)c1C. The second-order valence-corrected chi connectivity index (χ2v) is 37.5. The molecule has 6 heterocycles. The topological polar surface area (TPSA) is 41.3 Å². The van der Waals surface area contributed by atoms with Crippen LogP contribution in [0.2, 0.25) is 0 Å². The molecule has 558 valence electrons. The van der Waals surface area contributed by atoms with E-state index in [1.54, 1.807) is 0 Å². The maximum Gasteiger partial charge on any atom is 0.216 e. The van der Waals surface area contributed by atoms with Crippen LogP contribution < -0.4 is 18.3 Å². The Morgan fingerprint density at radius 2 is 0.836 bits per heavy atom. The Labute approximate surface area is 657 Å². The molecule has 0 aliphatic heterocycles. The first-order valence-corrected chi connectivity index (χ1v) is 40.6. The maximum atomic E-state index is 4.78. The molecule has 12 aromatic rings. The van der Waals surface area contributed by atoms with E-state index in [1.807, 2.05) is 6.20 Å². The summed E-state index contributed by atoms with van der Waals surface area (Å²) in [7, 11) is 8.77. The van der Waals surface area contributed by atoms with Crippen molar-refractivity contribution in [2.24, 2.45) is 34.1 Å². The van der Waals surface area contributed by atoms with E-state index in [4.69, 9.17) is 4.98 Å². The fraction of sp³-hybridized carbons (Fsp3) is 0.365. The van der Waals surface area contributed by atoms with Crippen molar-refractivity contribution in [2.75, 3.05) is 0 Å². The Morgan fingerprint density at radius 1 is 0.364 bits per heavy atom. The van der Waals surface area contributed by atoms with Gasteiger partial charge in [0.05, 0.1) is 28.1 Å². The van der Waals surface area contributed by atoms with Gasteiger partial charge in [0.1, 0.15) is 28.2 Å². The minimum Gasteiger partial charge on any atom is -0.260 e. The van der Waals surface area contributed by atoms with Crippen LogP contribution in [0.25, 0.3) is 89.5 Å². The lowest BCUT2D eigenvalue weighted by Crippen LogP contribution is -2.48. The van der Waals surface area contributed by atoms with Crippen LogP contribution in [0.3, 0.4) is 0 Å². The van der Waals surface area contributed by atoms with Crippen LogP contribution in [-0.2, 0) is 92.8 Å². The van der Waals surface area contributed by atoms with E-state index in [-0.39, 0.29) is 32.5 Å². The molecule has 0 unspecified atom stereocenters. The average Bonchev–Trinajstić information content (AvgIpc) is 1.10. The van der Waals surface area contributed by atoms with Crippen LogP contribution in [-0.4, -0.2) is 9.97 Å². The molecule has 7 aliphatic carbocycles. The highest BCUT2D eigenvalue weighted by Crippen LogP contribution is 2.60. The number of benzene rings is 6. The van der Waals surface area contributed by atoms with Crippen LogP contribution in [0.15, 0.2) is 164 Å². The van der Waals surface area contributed by atoms with Gasteiger partial charge < -0.3 is 0 Å². The third-order valence-corrected chi connectivity index (χ3v) is 29.3. The molecule has 0 amide bonds. The summed E-state index contributed by atoms with van der Waals surface area (Å²) in [5.41, 5.74) is 55.2. The standard InChI is InChI=1S/2C27H30N.C25H27N2.C25H29N2/c1-16-12-23-25(28(7)15-16)24-17(2)20-13-18-10-8-9-11-19(18)21(20)14-22(24)26(3,4)27(23,5)6;1-16-12-13-28(7)25-23-17(2)20-14-18-10-8-9-11-19(18)21(20)15-22(23)26(3,4)27(5,6)24(16)25;1-15-17-14-21-16(9-7-11-26-21)18(17)13-20-22(15)23-19(10-8-12-27(23)6)24(2,3)25(20,4)5;1-15(2)11-19-14-27(6)25(12-16(19)3)20-9-10-21-22-8-7-17(4)26-24(22)13-23(21)18(20)5/h8-12,14-15H,13H2,1-7H3;8-13,15H,14H2,1-7H3;7-13H,14H2,1-6H3;7-10,12,14-15H,11,13H2,1-6H3/q4*+1. The lowest BCUT2D eigenvalue weighted by Gasteiger charge is -2.48. The molecule has 6 nitrogen and oxygen atoms in total. The number of pyridine rings is 6. The van der Waals surface area contributed by atoms with Crippen molar-refractivity contribution in [3.63, 3.8) is 0 Å². The number of hydrogen-bond acceptors (Lipinski definition) is 2. The van der Waals surface area contributed by atoms with Gasteiger partial charge in [-0.25, -0.2) is 18.3 Å². The lowest BCUT2D eigenvalue weighted by molar-refractivity contribution is -0.661. The highest BCUT2D eigenvalue weighted by atomic mass is 15.0. The number of aryl methyl sites for hydroxylation is 8. The van der Waals surface area contributed by atoms with Crippen LogP contribution in [0.5, 0.6) is 0 Å². The first kappa shape index (κ1) is 74.3. The van der Waals surface area contributed by atoms with Gasteiger partial charge in [-0.1, -0.05) is 164 Å². The van der Waals surface area contributed by atoms with Crippen molar-refractivity contribution in [1.82, 2.24) is 9.97 Å². The molecule has 19 rings (SSSR count). The minimum absolute atomic E-state index is 0.0361. The minimum atomic E-state index is 0.0361. The molecule has 0 spiro atoms. The number of fused-ring (bicyclic) bond motifs is 21. The molecular formula is C104H116N6+4. The van der Waals surface area contributed by atoms with Crippen LogP contribution in [0.4, 0.5) is 0 Å². The van der Waals surface area contributed by atoms with E-state index in [2.05, 4.69) is 362 Å². The summed E-state index contributed by atoms with van der Waals surface area (Å²) >= 11 is 0. The van der Waals surface area contributed by atoms with Crippen molar-refractivity contribution in [3.05, 3.63) is 293 Å². The summed E-state index contributed by atoms with van der Waals surface area (Å²) < 4.78 is 9.32. The monoisotopic (exact) mass is 1450 g/mol. The first-order chi connectivity index (χ1) is 51.9. The summed E-state index contributed by atoms with van der Waals surface area (Å²) in [6.45, 7) is 51.7. The van der Waals surface area contributed by atoms with E-state index in [0.717, 1.165) is 37.8 Å². The van der Waals surface area contributed by atoms with Gasteiger partial charge >= 0.3 is 0 Å². The molecule has 7 aliphatic rings. The third-order valence-electron chi connectivity index (χ3n) is 29.3. The zero-order valence-corrected chi connectivity index (χ0v) is 70.9. The molecule has 0 N–H and O–H groups in total. The second kappa shape index (κ2) is 25.9. The Kier molecular flexibility index (Phi) is 17.5. The number of aromatic nitrogens is 6. The highest BCUT2D eigenvalue weighted by Gasteiger charge is 2.54. The molecule has 0 atom stereocenters. The van der Waals surface area contributed by atoms with Crippen molar-refractivity contribution >= 4 is 0 Å². The van der Waals surface area contributed by atoms with Crippen LogP contribution in [0, 0.1) is 61.3 Å². The molecule has 6 aromatic carbocycles. The third kappa shape index (κ3) is 10.9. The van der Waals surface area contributed by atoms with Crippen molar-refractivity contribution < 1.29 is 18.3 Å². The zero-order chi connectivity index (χ0) is 78.4. The zero-order valence-electron chi connectivity index (χ0n) is 70.9. The smallest absolute Gasteiger partial charge is 0.216 e. The molecule has 0 bridgehead atoms. The van der Waals surface area contributed by atoms with Gasteiger partial charge in [-0.05, 0) is 262 Å². The van der Waals surface area contributed by atoms with Crippen molar-refractivity contribution in [1.29, 1.82) is 0 Å². The Bertz CT molecular complexity index is 5930. The fourth-order valence-electron chi connectivity index (χ4n) is 21.0. The summed E-state index contributed by atoms with van der Waals surface area (Å²) in [5, 5.41) is 0. The summed E-state index contributed by atoms with van der Waals surface area (Å²) in [4.78, 5) is 9.44. The molecule has 110 heavy (non-hydrogen) atoms. The second-order valence-electron chi connectivity index (χ2n) is 37.5. The fourth-order valence-corrected chi connectivity index (χ4v) is 21.0. The summed E-state index contributed by atoms with van der Waals surface area (Å²) in [5.74, 6) is 0.672. The number of rotatable bonds is 3. The lowest BCUT2D eigenvalue weighted by atomic mass is 9.54. The van der Waals surface area contributed by atoms with Gasteiger partial charge in [0.2, 0.25) is 22.8 Å². The first-order valence-electron chi connectivity index (χ1n) is 40.6. The highest BCUT2D eigenvalue weighted by molar-refractivity contribution is 5.90. The van der Waals surface area contributed by atoms with Gasteiger partial charge in [0, 0.05) is 104 Å². The van der Waals surface area contributed by atoms with Crippen LogP contribution >= 0.6 is 0 Å². The van der Waals surface area contributed by atoms with Gasteiger partial charge in [-0.3, -0.25) is 9.97 Å². The van der Waals surface area contributed by atoms with Crippen molar-refractivity contribution in [3.8, 4) is 89.5 Å². The normalized spacial score (nSPS) is 16.3. The molecule has 6 heteroatoms. The van der Waals surface area contributed by atoms with E-state index < -0.39 is 0 Å². The molecule has 0 saturated heterocycles. The predicted molar refractivity (Wildman–Crippen MR) is 455 cm³/mol. The Morgan fingerprint density at radius 3 is 1.44 bits per heavy atom. The number of nitrogens with zero attached hydrogens (tertiary/aromatic N) is 6. The maximum absolute atomic E-state index is 4.78. The number of hydrogen-bond donors (Lipinski definition) is 0. The molecule has 6 aromatic heterocycles. The molecule has 0 fully saturated rings. The van der Waals surface area contributed by atoms with E-state index in [9.17, 15) is 0 Å². The van der Waals surface area contributed by atoms with Crippen LogP contribution in [0.1, 0.15) is 225 Å². The largest absolute Gasteiger partial charge is 0.260 e. The van der Waals surface area contributed by atoms with Gasteiger partial charge in [0.15, 0.2) is 24.8 Å². The Hall–Kier alpha value is -9.78. The van der Waals surface area contributed by atoms with E-state index in [0.29, 0.717) is 5.92 Å². The molecular weight excluding hydrogens is 1330 g/mol. The summed E-state index contributed by atoms with van der Waals surface area (Å²) in [6, 6.07) is 50.2. The van der Waals surface area contributed by atoms with E-state index >= 15 is 0 Å². The average molecular weight is 1450 g/mol. The quantitative estimate of drug-likeness (QED) is 0.165.